The Labute approximate surface area is 109 Å². The maximum Gasteiger partial charge on any atom is 0.410 e. The number of carboxylic acid groups (broad SMARTS) is 1. The number of nitrogens with zero attached hydrogens (tertiary/aromatic N) is 1. The number of aliphatic carboxylic acids is 1. The molecule has 0 aromatic rings. The molecule has 5 heteroatoms. The van der Waals surface area contributed by atoms with Crippen LogP contribution < -0.4 is 0 Å². The quantitative estimate of drug-likeness (QED) is 0.745. The minimum atomic E-state index is -0.987. The Bertz CT molecular complexity index is 283. The molecule has 0 aliphatic rings. The van der Waals surface area contributed by atoms with Gasteiger partial charge >= 0.3 is 12.1 Å². The van der Waals surface area contributed by atoms with Gasteiger partial charge in [-0.25, -0.2) is 9.59 Å². The average molecular weight is 259 g/mol. The van der Waals surface area contributed by atoms with Crippen molar-refractivity contribution in [2.24, 2.45) is 0 Å². The highest BCUT2D eigenvalue weighted by molar-refractivity contribution is 5.79. The van der Waals surface area contributed by atoms with E-state index in [1.807, 2.05) is 6.92 Å². The zero-order valence-corrected chi connectivity index (χ0v) is 12.0. The third-order valence-corrected chi connectivity index (χ3v) is 2.52. The average Bonchev–Trinajstić information content (AvgIpc) is 2.20. The van der Waals surface area contributed by atoms with Gasteiger partial charge in [-0.15, -0.1) is 0 Å². The molecule has 1 amide bonds. The van der Waals surface area contributed by atoms with E-state index in [0.717, 1.165) is 19.3 Å². The summed E-state index contributed by atoms with van der Waals surface area (Å²) in [7, 11) is 1.47. The molecule has 0 aromatic heterocycles. The first-order valence-electron chi connectivity index (χ1n) is 6.37. The van der Waals surface area contributed by atoms with Gasteiger partial charge in [0.15, 0.2) is 0 Å². The van der Waals surface area contributed by atoms with Crippen molar-refractivity contribution in [2.45, 2.75) is 65.0 Å². The van der Waals surface area contributed by atoms with Crippen LogP contribution in [0, 0.1) is 0 Å². The zero-order chi connectivity index (χ0) is 14.3. The van der Waals surface area contributed by atoms with Gasteiger partial charge in [0.2, 0.25) is 0 Å². The van der Waals surface area contributed by atoms with Gasteiger partial charge in [0.1, 0.15) is 11.6 Å². The number of hydrogen-bond acceptors (Lipinski definition) is 3. The Morgan fingerprint density at radius 1 is 1.28 bits per heavy atom. The van der Waals surface area contributed by atoms with E-state index in [1.165, 1.54) is 11.9 Å². The number of hydrogen-bond donors (Lipinski definition) is 1. The van der Waals surface area contributed by atoms with Crippen molar-refractivity contribution in [2.75, 3.05) is 7.05 Å². The minimum Gasteiger partial charge on any atom is -0.480 e. The maximum atomic E-state index is 11.8. The third-order valence-electron chi connectivity index (χ3n) is 2.52. The molecule has 18 heavy (non-hydrogen) atoms. The highest BCUT2D eigenvalue weighted by Crippen LogP contribution is 2.14. The summed E-state index contributed by atoms with van der Waals surface area (Å²) in [4.78, 5) is 24.1. The standard InChI is InChI=1S/C13H25NO4/c1-6-7-8-9-10(11(15)16)14(5)12(17)18-13(2,3)4/h10H,6-9H2,1-5H3,(H,15,16). The van der Waals surface area contributed by atoms with Crippen LogP contribution in [0.1, 0.15) is 53.4 Å². The fourth-order valence-corrected chi connectivity index (χ4v) is 1.53. The lowest BCUT2D eigenvalue weighted by molar-refractivity contribution is -0.143. The second-order valence-electron chi connectivity index (χ2n) is 5.44. The lowest BCUT2D eigenvalue weighted by atomic mass is 10.1. The van der Waals surface area contributed by atoms with E-state index in [2.05, 4.69) is 0 Å². The van der Waals surface area contributed by atoms with Crippen molar-refractivity contribution >= 4 is 12.1 Å². The first kappa shape index (κ1) is 16.7. The van der Waals surface area contributed by atoms with Crippen molar-refractivity contribution in [3.63, 3.8) is 0 Å². The molecule has 0 saturated carbocycles. The largest absolute Gasteiger partial charge is 0.480 e. The van der Waals surface area contributed by atoms with Crippen LogP contribution in [-0.2, 0) is 9.53 Å². The second-order valence-corrected chi connectivity index (χ2v) is 5.44. The number of amides is 1. The summed E-state index contributed by atoms with van der Waals surface area (Å²) in [5, 5.41) is 9.14. The number of rotatable bonds is 6. The molecule has 0 aromatic carbocycles. The number of carboxylic acids is 1. The maximum absolute atomic E-state index is 11.8. The smallest absolute Gasteiger partial charge is 0.410 e. The molecule has 0 heterocycles. The number of ether oxygens (including phenoxy) is 1. The summed E-state index contributed by atoms with van der Waals surface area (Å²) in [6.45, 7) is 7.32. The monoisotopic (exact) mass is 259 g/mol. The van der Waals surface area contributed by atoms with E-state index in [4.69, 9.17) is 9.84 Å². The zero-order valence-electron chi connectivity index (χ0n) is 12.0. The highest BCUT2D eigenvalue weighted by atomic mass is 16.6. The van der Waals surface area contributed by atoms with Gasteiger partial charge in [-0.3, -0.25) is 4.90 Å². The van der Waals surface area contributed by atoms with Crippen LogP contribution in [0.2, 0.25) is 0 Å². The van der Waals surface area contributed by atoms with Gasteiger partial charge in [0.25, 0.3) is 0 Å². The van der Waals surface area contributed by atoms with E-state index in [0.29, 0.717) is 6.42 Å². The van der Waals surface area contributed by atoms with Crippen LogP contribution in [0.25, 0.3) is 0 Å². The van der Waals surface area contributed by atoms with Crippen molar-refractivity contribution in [3.8, 4) is 0 Å². The summed E-state index contributed by atoms with van der Waals surface area (Å²) in [6.07, 6.45) is 2.64. The first-order valence-corrected chi connectivity index (χ1v) is 6.37. The number of carbonyl (C=O) groups excluding carboxylic acids is 1. The number of likely N-dealkylation sites (N-methyl/N-ethyl adjacent to an activating group) is 1. The Hall–Kier alpha value is -1.26. The van der Waals surface area contributed by atoms with Crippen molar-refractivity contribution in [1.82, 2.24) is 4.90 Å². The van der Waals surface area contributed by atoms with Crippen molar-refractivity contribution in [1.29, 1.82) is 0 Å². The predicted molar refractivity (Wildman–Crippen MR) is 69.6 cm³/mol. The lowest BCUT2D eigenvalue weighted by Gasteiger charge is -2.28. The molecule has 5 nitrogen and oxygen atoms in total. The van der Waals surface area contributed by atoms with Gasteiger partial charge in [-0.05, 0) is 27.2 Å². The summed E-state index contributed by atoms with van der Waals surface area (Å²) < 4.78 is 5.16. The van der Waals surface area contributed by atoms with Gasteiger partial charge in [-0.1, -0.05) is 26.2 Å². The molecule has 0 bridgehead atoms. The Kier molecular flexibility index (Phi) is 6.73. The van der Waals surface area contributed by atoms with Gasteiger partial charge in [0.05, 0.1) is 0 Å². The molecule has 1 unspecified atom stereocenters. The van der Waals surface area contributed by atoms with Crippen LogP contribution in [0.5, 0.6) is 0 Å². The van der Waals surface area contributed by atoms with E-state index in [-0.39, 0.29) is 0 Å². The van der Waals surface area contributed by atoms with Crippen molar-refractivity contribution in [3.05, 3.63) is 0 Å². The van der Waals surface area contributed by atoms with Gasteiger partial charge < -0.3 is 9.84 Å². The molecule has 1 atom stereocenters. The van der Waals surface area contributed by atoms with Crippen molar-refractivity contribution < 1.29 is 19.4 Å². The molecule has 0 aliphatic heterocycles. The van der Waals surface area contributed by atoms with E-state index in [1.54, 1.807) is 20.8 Å². The Morgan fingerprint density at radius 2 is 1.83 bits per heavy atom. The first-order chi connectivity index (χ1) is 8.19. The van der Waals surface area contributed by atoms with Gasteiger partial charge in [-0.2, -0.15) is 0 Å². The third kappa shape index (κ3) is 6.47. The van der Waals surface area contributed by atoms with Crippen LogP contribution in [0.3, 0.4) is 0 Å². The van der Waals surface area contributed by atoms with E-state index < -0.39 is 23.7 Å². The molecular formula is C13H25NO4. The summed E-state index contributed by atoms with van der Waals surface area (Å²) in [5.74, 6) is -0.987. The van der Waals surface area contributed by atoms with Crippen LogP contribution >= 0.6 is 0 Å². The molecule has 0 saturated heterocycles. The second kappa shape index (κ2) is 7.24. The normalized spacial score (nSPS) is 12.9. The number of carbonyl (C=O) groups is 2. The molecule has 106 valence electrons. The fraction of sp³-hybridized carbons (Fsp3) is 0.846. The minimum absolute atomic E-state index is 0.457. The Morgan fingerprint density at radius 3 is 2.22 bits per heavy atom. The van der Waals surface area contributed by atoms with E-state index >= 15 is 0 Å². The fourth-order valence-electron chi connectivity index (χ4n) is 1.53. The summed E-state index contributed by atoms with van der Waals surface area (Å²) >= 11 is 0. The molecule has 0 aliphatic carbocycles. The lowest BCUT2D eigenvalue weighted by Crippen LogP contribution is -2.44. The molecule has 1 N–H and O–H groups in total. The highest BCUT2D eigenvalue weighted by Gasteiger charge is 2.29. The number of unbranched alkanes of at least 4 members (excludes halogenated alkanes) is 2. The summed E-state index contributed by atoms with van der Waals surface area (Å²) in [5.41, 5.74) is -0.613. The van der Waals surface area contributed by atoms with Crippen LogP contribution in [0.4, 0.5) is 4.79 Å². The Balaban J connectivity index is 4.51. The molecule has 0 rings (SSSR count). The molecule has 0 spiro atoms. The molecule has 0 radical (unpaired) electrons. The van der Waals surface area contributed by atoms with Crippen LogP contribution in [0.15, 0.2) is 0 Å². The van der Waals surface area contributed by atoms with E-state index in [9.17, 15) is 9.59 Å². The topological polar surface area (TPSA) is 66.8 Å². The van der Waals surface area contributed by atoms with Crippen LogP contribution in [-0.4, -0.2) is 40.8 Å². The molecule has 0 fully saturated rings. The SMILES string of the molecule is CCCCCC(C(=O)O)N(C)C(=O)OC(C)(C)C. The van der Waals surface area contributed by atoms with Gasteiger partial charge in [0, 0.05) is 7.05 Å². The summed E-state index contributed by atoms with van der Waals surface area (Å²) in [6, 6.07) is -0.814. The predicted octanol–water partition coefficient (Wildman–Crippen LogP) is 2.89. The molecular weight excluding hydrogens is 234 g/mol.